The Balaban J connectivity index is 1.98. The molecule has 1 aromatic carbocycles. The molecule has 0 bridgehead atoms. The van der Waals surface area contributed by atoms with Crippen LogP contribution in [0, 0.1) is 0 Å². The number of esters is 1. The van der Waals surface area contributed by atoms with E-state index in [0.717, 1.165) is 17.3 Å². The van der Waals surface area contributed by atoms with Crippen LogP contribution in [0.25, 0.3) is 0 Å². The molecule has 0 aliphatic rings. The zero-order chi connectivity index (χ0) is 11.6. The van der Waals surface area contributed by atoms with Gasteiger partial charge in [-0.1, -0.05) is 18.2 Å². The fourth-order valence-electron chi connectivity index (χ4n) is 1.09. The van der Waals surface area contributed by atoms with Gasteiger partial charge in [-0.2, -0.15) is 11.8 Å². The monoisotopic (exact) mass is 256 g/mol. The van der Waals surface area contributed by atoms with Gasteiger partial charge in [-0.25, -0.2) is 0 Å². The summed E-state index contributed by atoms with van der Waals surface area (Å²) in [6, 6.07) is 10.3. The van der Waals surface area contributed by atoms with E-state index in [-0.39, 0.29) is 5.97 Å². The Kier molecular flexibility index (Phi) is 7.17. The van der Waals surface area contributed by atoms with Gasteiger partial charge in [-0.15, -0.1) is 11.8 Å². The lowest BCUT2D eigenvalue weighted by molar-refractivity contribution is -0.140. The Morgan fingerprint density at radius 3 is 2.62 bits per heavy atom. The highest BCUT2D eigenvalue weighted by Gasteiger charge is 1.99. The van der Waals surface area contributed by atoms with Gasteiger partial charge >= 0.3 is 5.97 Å². The number of thioether (sulfide) groups is 2. The predicted molar refractivity (Wildman–Crippen MR) is 71.1 cm³/mol. The van der Waals surface area contributed by atoms with E-state index in [1.54, 1.807) is 11.8 Å². The smallest absolute Gasteiger partial charge is 0.306 e. The summed E-state index contributed by atoms with van der Waals surface area (Å²) in [5.74, 6) is 2.87. The Hall–Kier alpha value is -0.610. The van der Waals surface area contributed by atoms with Crippen molar-refractivity contribution < 1.29 is 9.53 Å². The minimum Gasteiger partial charge on any atom is -0.469 e. The van der Waals surface area contributed by atoms with E-state index in [2.05, 4.69) is 16.9 Å². The Labute approximate surface area is 105 Å². The molecule has 0 heterocycles. The summed E-state index contributed by atoms with van der Waals surface area (Å²) in [5.41, 5.74) is 0. The molecule has 0 aliphatic heterocycles. The number of hydrogen-bond donors (Lipinski definition) is 0. The summed E-state index contributed by atoms with van der Waals surface area (Å²) in [4.78, 5) is 12.1. The summed E-state index contributed by atoms with van der Waals surface area (Å²) in [6.45, 7) is 0. The SMILES string of the molecule is COC(=O)CCSCCSc1ccccc1. The highest BCUT2D eigenvalue weighted by atomic mass is 32.2. The third kappa shape index (κ3) is 6.08. The normalized spacial score (nSPS) is 10.1. The number of carbonyl (C=O) groups is 1. The topological polar surface area (TPSA) is 26.3 Å². The van der Waals surface area contributed by atoms with Crippen molar-refractivity contribution >= 4 is 29.5 Å². The number of rotatable bonds is 7. The lowest BCUT2D eigenvalue weighted by atomic mass is 10.4. The molecule has 0 saturated heterocycles. The Morgan fingerprint density at radius 2 is 1.94 bits per heavy atom. The van der Waals surface area contributed by atoms with Crippen LogP contribution in [0.15, 0.2) is 35.2 Å². The second-order valence-corrected chi connectivity index (χ2v) is 5.49. The molecule has 0 N–H and O–H groups in total. The average Bonchev–Trinajstić information content (AvgIpc) is 2.34. The van der Waals surface area contributed by atoms with Crippen LogP contribution in [0.2, 0.25) is 0 Å². The first-order valence-electron chi connectivity index (χ1n) is 5.15. The Morgan fingerprint density at radius 1 is 1.19 bits per heavy atom. The van der Waals surface area contributed by atoms with Crippen LogP contribution in [0.4, 0.5) is 0 Å². The summed E-state index contributed by atoms with van der Waals surface area (Å²) in [5, 5.41) is 0. The molecule has 0 aromatic heterocycles. The summed E-state index contributed by atoms with van der Waals surface area (Å²) < 4.78 is 4.57. The van der Waals surface area contributed by atoms with Gasteiger partial charge in [0.1, 0.15) is 0 Å². The van der Waals surface area contributed by atoms with Crippen molar-refractivity contribution in [2.45, 2.75) is 11.3 Å². The van der Waals surface area contributed by atoms with Crippen LogP contribution in [0.5, 0.6) is 0 Å². The fourth-order valence-corrected chi connectivity index (χ4v) is 3.00. The fraction of sp³-hybridized carbons (Fsp3) is 0.417. The maximum absolute atomic E-state index is 10.8. The molecule has 16 heavy (non-hydrogen) atoms. The number of carbonyl (C=O) groups excluding carboxylic acids is 1. The van der Waals surface area contributed by atoms with Crippen LogP contribution < -0.4 is 0 Å². The highest BCUT2D eigenvalue weighted by molar-refractivity contribution is 8.02. The number of hydrogen-bond acceptors (Lipinski definition) is 4. The summed E-state index contributed by atoms with van der Waals surface area (Å²) in [7, 11) is 1.43. The molecular formula is C12H16O2S2. The molecule has 2 nitrogen and oxygen atoms in total. The van der Waals surface area contributed by atoms with Crippen LogP contribution in [-0.4, -0.2) is 30.3 Å². The van der Waals surface area contributed by atoms with Crippen LogP contribution >= 0.6 is 23.5 Å². The molecule has 0 spiro atoms. The number of ether oxygens (including phenoxy) is 1. The number of methoxy groups -OCH3 is 1. The van der Waals surface area contributed by atoms with Crippen molar-refractivity contribution in [3.8, 4) is 0 Å². The molecule has 0 saturated carbocycles. The van der Waals surface area contributed by atoms with E-state index in [9.17, 15) is 4.79 Å². The first kappa shape index (κ1) is 13.5. The lowest BCUT2D eigenvalue weighted by Crippen LogP contribution is -2.01. The molecule has 0 amide bonds. The van der Waals surface area contributed by atoms with Crippen molar-refractivity contribution in [1.82, 2.24) is 0 Å². The highest BCUT2D eigenvalue weighted by Crippen LogP contribution is 2.18. The van der Waals surface area contributed by atoms with Gasteiger partial charge in [0.15, 0.2) is 0 Å². The minimum absolute atomic E-state index is 0.122. The van der Waals surface area contributed by atoms with Gasteiger partial charge in [0.25, 0.3) is 0 Å². The molecule has 1 rings (SSSR count). The van der Waals surface area contributed by atoms with Gasteiger partial charge in [0.05, 0.1) is 13.5 Å². The summed E-state index contributed by atoms with van der Waals surface area (Å²) in [6.07, 6.45) is 0.511. The first-order chi connectivity index (χ1) is 7.83. The van der Waals surface area contributed by atoms with Crippen LogP contribution in [0.3, 0.4) is 0 Å². The van der Waals surface area contributed by atoms with E-state index < -0.39 is 0 Å². The van der Waals surface area contributed by atoms with E-state index in [0.29, 0.717) is 6.42 Å². The van der Waals surface area contributed by atoms with Crippen LogP contribution in [-0.2, 0) is 9.53 Å². The van der Waals surface area contributed by atoms with Gasteiger partial charge in [-0.05, 0) is 12.1 Å². The van der Waals surface area contributed by atoms with Gasteiger partial charge in [-0.3, -0.25) is 4.79 Å². The second-order valence-electron chi connectivity index (χ2n) is 3.10. The maximum atomic E-state index is 10.8. The van der Waals surface area contributed by atoms with Gasteiger partial charge < -0.3 is 4.74 Å². The third-order valence-electron chi connectivity index (χ3n) is 1.92. The number of benzene rings is 1. The average molecular weight is 256 g/mol. The summed E-state index contributed by atoms with van der Waals surface area (Å²) >= 11 is 3.64. The molecule has 0 unspecified atom stereocenters. The maximum Gasteiger partial charge on any atom is 0.306 e. The lowest BCUT2D eigenvalue weighted by Gasteiger charge is -2.01. The zero-order valence-corrected chi connectivity index (χ0v) is 11.0. The van der Waals surface area contributed by atoms with Crippen molar-refractivity contribution in [3.05, 3.63) is 30.3 Å². The van der Waals surface area contributed by atoms with Crippen molar-refractivity contribution in [3.63, 3.8) is 0 Å². The molecule has 0 aliphatic carbocycles. The molecule has 1 aromatic rings. The molecular weight excluding hydrogens is 240 g/mol. The van der Waals surface area contributed by atoms with Crippen LogP contribution in [0.1, 0.15) is 6.42 Å². The standard InChI is InChI=1S/C12H16O2S2/c1-14-12(13)7-8-15-9-10-16-11-5-3-2-4-6-11/h2-6H,7-10H2,1H3. The predicted octanol–water partition coefficient (Wildman–Crippen LogP) is 3.08. The van der Waals surface area contributed by atoms with E-state index >= 15 is 0 Å². The van der Waals surface area contributed by atoms with E-state index in [1.165, 1.54) is 12.0 Å². The minimum atomic E-state index is -0.122. The molecule has 0 fully saturated rings. The van der Waals surface area contributed by atoms with Gasteiger partial charge in [0.2, 0.25) is 0 Å². The Bertz CT molecular complexity index is 301. The molecule has 0 atom stereocenters. The largest absolute Gasteiger partial charge is 0.469 e. The van der Waals surface area contributed by atoms with E-state index in [4.69, 9.17) is 0 Å². The second kappa shape index (κ2) is 8.53. The van der Waals surface area contributed by atoms with Crippen molar-refractivity contribution in [2.75, 3.05) is 24.4 Å². The molecule has 0 radical (unpaired) electrons. The van der Waals surface area contributed by atoms with Crippen molar-refractivity contribution in [2.24, 2.45) is 0 Å². The molecule has 4 heteroatoms. The van der Waals surface area contributed by atoms with Gasteiger partial charge in [0, 0.05) is 22.2 Å². The third-order valence-corrected chi connectivity index (χ3v) is 4.18. The molecule has 88 valence electrons. The first-order valence-corrected chi connectivity index (χ1v) is 7.29. The van der Waals surface area contributed by atoms with E-state index in [1.807, 2.05) is 30.0 Å². The zero-order valence-electron chi connectivity index (χ0n) is 9.35. The quantitative estimate of drug-likeness (QED) is 0.425. The van der Waals surface area contributed by atoms with Crippen molar-refractivity contribution in [1.29, 1.82) is 0 Å².